The zero-order chi connectivity index (χ0) is 17.9. The maximum Gasteiger partial charge on any atom is 0.251 e. The summed E-state index contributed by atoms with van der Waals surface area (Å²) in [4.78, 5) is 24.6. The Balaban J connectivity index is 2.02. The second-order valence-electron chi connectivity index (χ2n) is 6.31. The summed E-state index contributed by atoms with van der Waals surface area (Å²) < 4.78 is 35.8. The fourth-order valence-electron chi connectivity index (χ4n) is 2.56. The Bertz CT molecular complexity index is 716. The van der Waals surface area contributed by atoms with E-state index in [0.29, 0.717) is 6.42 Å². The van der Waals surface area contributed by atoms with Gasteiger partial charge in [-0.05, 0) is 36.6 Å². The molecular weight excluding hydrogens is 335 g/mol. The lowest BCUT2D eigenvalue weighted by molar-refractivity contribution is -0.124. The van der Waals surface area contributed by atoms with Crippen molar-refractivity contribution >= 4 is 21.7 Å². The Hall–Kier alpha value is -1.96. The van der Waals surface area contributed by atoms with E-state index in [9.17, 15) is 22.4 Å². The number of halogens is 1. The molecule has 0 aromatic heterocycles. The molecule has 2 N–H and O–H groups in total. The number of amides is 2. The van der Waals surface area contributed by atoms with Gasteiger partial charge in [0.2, 0.25) is 5.91 Å². The number of carbonyl (C=O) groups is 2. The van der Waals surface area contributed by atoms with Gasteiger partial charge in [0.15, 0.2) is 9.84 Å². The maximum atomic E-state index is 12.9. The molecule has 1 saturated heterocycles. The average Bonchev–Trinajstić information content (AvgIpc) is 2.83. The van der Waals surface area contributed by atoms with Gasteiger partial charge in [0.1, 0.15) is 11.9 Å². The molecule has 2 amide bonds. The summed E-state index contributed by atoms with van der Waals surface area (Å²) in [5.41, 5.74) is 0.248. The monoisotopic (exact) mass is 356 g/mol. The van der Waals surface area contributed by atoms with E-state index in [0.717, 1.165) is 0 Å². The van der Waals surface area contributed by atoms with Crippen molar-refractivity contribution in [2.45, 2.75) is 32.4 Å². The number of carbonyl (C=O) groups excluding carboxylic acids is 2. The van der Waals surface area contributed by atoms with Gasteiger partial charge >= 0.3 is 0 Å². The van der Waals surface area contributed by atoms with Crippen LogP contribution in [0.5, 0.6) is 0 Å². The first-order valence-electron chi connectivity index (χ1n) is 7.75. The molecule has 1 aliphatic rings. The van der Waals surface area contributed by atoms with Crippen LogP contribution in [-0.4, -0.2) is 43.8 Å². The van der Waals surface area contributed by atoms with Gasteiger partial charge in [-0.1, -0.05) is 13.8 Å². The third-order valence-corrected chi connectivity index (χ3v) is 5.69. The van der Waals surface area contributed by atoms with Crippen LogP contribution in [0.1, 0.15) is 30.6 Å². The molecular formula is C16H21FN2O4S. The molecule has 0 radical (unpaired) electrons. The predicted molar refractivity (Wildman–Crippen MR) is 87.7 cm³/mol. The van der Waals surface area contributed by atoms with Crippen LogP contribution in [0, 0.1) is 11.7 Å². The lowest BCUT2D eigenvalue weighted by Gasteiger charge is -2.23. The van der Waals surface area contributed by atoms with E-state index in [1.165, 1.54) is 24.3 Å². The lowest BCUT2D eigenvalue weighted by Crippen LogP contribution is -2.52. The minimum Gasteiger partial charge on any atom is -0.351 e. The highest BCUT2D eigenvalue weighted by Crippen LogP contribution is 2.13. The number of sulfone groups is 1. The van der Waals surface area contributed by atoms with Gasteiger partial charge in [-0.25, -0.2) is 12.8 Å². The van der Waals surface area contributed by atoms with Gasteiger partial charge in [-0.3, -0.25) is 9.59 Å². The van der Waals surface area contributed by atoms with E-state index in [2.05, 4.69) is 10.6 Å². The molecule has 8 heteroatoms. The zero-order valence-electron chi connectivity index (χ0n) is 13.6. The topological polar surface area (TPSA) is 92.3 Å². The first-order chi connectivity index (χ1) is 11.2. The van der Waals surface area contributed by atoms with Gasteiger partial charge in [0, 0.05) is 11.6 Å². The highest BCUT2D eigenvalue weighted by Gasteiger charge is 2.32. The highest BCUT2D eigenvalue weighted by atomic mass is 32.2. The molecule has 1 aromatic rings. The number of nitrogens with one attached hydrogen (secondary N) is 2. The van der Waals surface area contributed by atoms with Crippen molar-refractivity contribution in [3.05, 3.63) is 35.6 Å². The van der Waals surface area contributed by atoms with Crippen LogP contribution in [0.2, 0.25) is 0 Å². The highest BCUT2D eigenvalue weighted by molar-refractivity contribution is 7.91. The minimum absolute atomic E-state index is 0.0617. The summed E-state index contributed by atoms with van der Waals surface area (Å²) in [6.45, 7) is 3.56. The lowest BCUT2D eigenvalue weighted by atomic mass is 10.0. The number of hydrogen-bond acceptors (Lipinski definition) is 4. The molecule has 6 nitrogen and oxygen atoms in total. The molecule has 2 rings (SSSR count). The van der Waals surface area contributed by atoms with Crippen molar-refractivity contribution in [1.29, 1.82) is 0 Å². The van der Waals surface area contributed by atoms with Crippen LogP contribution >= 0.6 is 0 Å². The Morgan fingerprint density at radius 2 is 1.83 bits per heavy atom. The fraction of sp³-hybridized carbons (Fsp3) is 0.500. The second kappa shape index (κ2) is 7.29. The number of hydrogen-bond donors (Lipinski definition) is 2. The maximum absolute atomic E-state index is 12.9. The summed E-state index contributed by atoms with van der Waals surface area (Å²) in [5, 5.41) is 5.31. The average molecular weight is 356 g/mol. The molecule has 0 bridgehead atoms. The fourth-order valence-corrected chi connectivity index (χ4v) is 4.23. The van der Waals surface area contributed by atoms with E-state index >= 15 is 0 Å². The van der Waals surface area contributed by atoms with E-state index in [1.54, 1.807) is 13.8 Å². The van der Waals surface area contributed by atoms with E-state index < -0.39 is 39.6 Å². The molecule has 1 heterocycles. The Morgan fingerprint density at radius 1 is 1.21 bits per heavy atom. The van der Waals surface area contributed by atoms with Crippen LogP contribution in [0.4, 0.5) is 4.39 Å². The van der Waals surface area contributed by atoms with E-state index in [1.807, 2.05) is 0 Å². The van der Waals surface area contributed by atoms with Gasteiger partial charge in [-0.2, -0.15) is 0 Å². The van der Waals surface area contributed by atoms with Gasteiger partial charge < -0.3 is 10.6 Å². The van der Waals surface area contributed by atoms with Crippen molar-refractivity contribution in [3.63, 3.8) is 0 Å². The Kier molecular flexibility index (Phi) is 5.58. The third kappa shape index (κ3) is 4.77. The molecule has 2 atom stereocenters. The number of rotatable bonds is 5. The normalized spacial score (nSPS) is 20.6. The molecule has 0 spiro atoms. The summed E-state index contributed by atoms with van der Waals surface area (Å²) in [7, 11) is -3.09. The Morgan fingerprint density at radius 3 is 2.33 bits per heavy atom. The molecule has 1 aliphatic heterocycles. The summed E-state index contributed by atoms with van der Waals surface area (Å²) in [6, 6.07) is 3.79. The van der Waals surface area contributed by atoms with Crippen LogP contribution < -0.4 is 10.6 Å². The first-order valence-corrected chi connectivity index (χ1v) is 9.57. The van der Waals surface area contributed by atoms with Crippen LogP contribution in [-0.2, 0) is 14.6 Å². The molecule has 0 aliphatic carbocycles. The predicted octanol–water partition coefficient (Wildman–Crippen LogP) is 0.883. The van der Waals surface area contributed by atoms with Crippen molar-refractivity contribution < 1.29 is 22.4 Å². The van der Waals surface area contributed by atoms with Gasteiger partial charge in [0.25, 0.3) is 5.91 Å². The first kappa shape index (κ1) is 18.4. The molecule has 1 aromatic carbocycles. The smallest absolute Gasteiger partial charge is 0.251 e. The quantitative estimate of drug-likeness (QED) is 0.819. The summed E-state index contributed by atoms with van der Waals surface area (Å²) in [5.74, 6) is -1.55. The van der Waals surface area contributed by atoms with Crippen LogP contribution in [0.15, 0.2) is 24.3 Å². The third-order valence-electron chi connectivity index (χ3n) is 3.92. The molecule has 2 unspecified atom stereocenters. The molecule has 0 saturated carbocycles. The minimum atomic E-state index is -3.09. The van der Waals surface area contributed by atoms with Crippen molar-refractivity contribution in [1.82, 2.24) is 10.6 Å². The van der Waals surface area contributed by atoms with Crippen molar-refractivity contribution in [2.75, 3.05) is 11.5 Å². The van der Waals surface area contributed by atoms with Crippen molar-refractivity contribution in [2.24, 2.45) is 5.92 Å². The van der Waals surface area contributed by atoms with Crippen LogP contribution in [0.25, 0.3) is 0 Å². The summed E-state index contributed by atoms with van der Waals surface area (Å²) >= 11 is 0. The molecule has 24 heavy (non-hydrogen) atoms. The SMILES string of the molecule is CC(C)C(NC(=O)c1ccc(F)cc1)C(=O)NC1CCS(=O)(=O)C1. The van der Waals surface area contributed by atoms with Gasteiger partial charge in [0.05, 0.1) is 11.5 Å². The zero-order valence-corrected chi connectivity index (χ0v) is 14.4. The molecule has 132 valence electrons. The second-order valence-corrected chi connectivity index (χ2v) is 8.54. The summed E-state index contributed by atoms with van der Waals surface area (Å²) in [6.07, 6.45) is 0.380. The van der Waals surface area contributed by atoms with E-state index in [-0.39, 0.29) is 23.0 Å². The Labute approximate surface area is 140 Å². The standard InChI is InChI=1S/C16H21FN2O4S/c1-10(2)14(16(21)18-13-7-8-24(22,23)9-13)19-15(20)11-3-5-12(17)6-4-11/h3-6,10,13-14H,7-9H2,1-2H3,(H,18,21)(H,19,20). The van der Waals surface area contributed by atoms with Gasteiger partial charge in [-0.15, -0.1) is 0 Å². The largest absolute Gasteiger partial charge is 0.351 e. The van der Waals surface area contributed by atoms with E-state index in [4.69, 9.17) is 0 Å². The van der Waals surface area contributed by atoms with Crippen LogP contribution in [0.3, 0.4) is 0 Å². The molecule has 1 fully saturated rings. The number of benzene rings is 1. The van der Waals surface area contributed by atoms with Crippen molar-refractivity contribution in [3.8, 4) is 0 Å².